The molecule has 1 heterocycles. The highest BCUT2D eigenvalue weighted by molar-refractivity contribution is 7.89. The molecule has 3 nitrogen and oxygen atoms in total. The summed E-state index contributed by atoms with van der Waals surface area (Å²) < 4.78 is 40.6. The molecule has 0 amide bonds. The van der Waals surface area contributed by atoms with Gasteiger partial charge in [-0.15, -0.1) is 0 Å². The zero-order valence-electron chi connectivity index (χ0n) is 13.2. The van der Waals surface area contributed by atoms with Crippen LogP contribution in [0, 0.1) is 5.82 Å². The number of sulfonamides is 1. The Morgan fingerprint density at radius 3 is 2.54 bits per heavy atom. The SMILES string of the molecule is O=S(=O)(c1cccc(F)c1)N1CCCCC(c2ccc(Cl)cc2)C1. The Kier molecular flexibility index (Phi) is 5.23. The molecule has 1 unspecified atom stereocenters. The highest BCUT2D eigenvalue weighted by atomic mass is 35.5. The quantitative estimate of drug-likeness (QED) is 0.804. The van der Waals surface area contributed by atoms with Gasteiger partial charge in [-0.3, -0.25) is 0 Å². The Morgan fingerprint density at radius 1 is 1.08 bits per heavy atom. The Bertz CT molecular complexity index is 808. The van der Waals surface area contributed by atoms with Gasteiger partial charge in [-0.2, -0.15) is 4.31 Å². The van der Waals surface area contributed by atoms with Crippen molar-refractivity contribution in [3.05, 3.63) is 64.9 Å². The molecule has 6 heteroatoms. The van der Waals surface area contributed by atoms with Gasteiger partial charge >= 0.3 is 0 Å². The maximum atomic E-state index is 13.4. The predicted octanol–water partition coefficient (Wildman–Crippen LogP) is 4.44. The Labute approximate surface area is 147 Å². The van der Waals surface area contributed by atoms with Gasteiger partial charge in [-0.05, 0) is 54.7 Å². The molecule has 0 spiro atoms. The highest BCUT2D eigenvalue weighted by Crippen LogP contribution is 2.30. The van der Waals surface area contributed by atoms with E-state index in [1.54, 1.807) is 0 Å². The van der Waals surface area contributed by atoms with Crippen molar-refractivity contribution in [2.45, 2.75) is 30.1 Å². The first-order valence-electron chi connectivity index (χ1n) is 7.98. The minimum atomic E-state index is -3.69. The lowest BCUT2D eigenvalue weighted by molar-refractivity contribution is 0.406. The van der Waals surface area contributed by atoms with Crippen molar-refractivity contribution in [1.29, 1.82) is 0 Å². The summed E-state index contributed by atoms with van der Waals surface area (Å²) in [5.41, 5.74) is 1.08. The van der Waals surface area contributed by atoms with Crippen LogP contribution in [0.4, 0.5) is 4.39 Å². The summed E-state index contributed by atoms with van der Waals surface area (Å²) in [6.45, 7) is 0.864. The third kappa shape index (κ3) is 3.79. The van der Waals surface area contributed by atoms with Gasteiger partial charge in [-0.1, -0.05) is 36.2 Å². The van der Waals surface area contributed by atoms with Crippen molar-refractivity contribution in [3.8, 4) is 0 Å². The topological polar surface area (TPSA) is 37.4 Å². The van der Waals surface area contributed by atoms with Gasteiger partial charge in [0.2, 0.25) is 10.0 Å². The summed E-state index contributed by atoms with van der Waals surface area (Å²) >= 11 is 5.94. The second-order valence-corrected chi connectivity index (χ2v) is 8.44. The van der Waals surface area contributed by atoms with Crippen molar-refractivity contribution in [3.63, 3.8) is 0 Å². The lowest BCUT2D eigenvalue weighted by Crippen LogP contribution is -2.34. The van der Waals surface area contributed by atoms with Crippen molar-refractivity contribution in [2.75, 3.05) is 13.1 Å². The van der Waals surface area contributed by atoms with Gasteiger partial charge in [0.05, 0.1) is 4.90 Å². The average Bonchev–Trinajstić information content (AvgIpc) is 2.82. The first-order valence-corrected chi connectivity index (χ1v) is 9.80. The first-order chi connectivity index (χ1) is 11.5. The van der Waals surface area contributed by atoms with Gasteiger partial charge in [-0.25, -0.2) is 12.8 Å². The lowest BCUT2D eigenvalue weighted by Gasteiger charge is -2.24. The van der Waals surface area contributed by atoms with E-state index in [2.05, 4.69) is 0 Å². The molecule has 0 aliphatic carbocycles. The van der Waals surface area contributed by atoms with E-state index >= 15 is 0 Å². The molecule has 0 radical (unpaired) electrons. The lowest BCUT2D eigenvalue weighted by atomic mass is 9.95. The van der Waals surface area contributed by atoms with Crippen LogP contribution in [0.5, 0.6) is 0 Å². The number of hydrogen-bond acceptors (Lipinski definition) is 2. The molecule has 24 heavy (non-hydrogen) atoms. The minimum Gasteiger partial charge on any atom is -0.207 e. The van der Waals surface area contributed by atoms with Crippen molar-refractivity contribution in [2.24, 2.45) is 0 Å². The molecular weight excluding hydrogens is 349 g/mol. The number of nitrogens with zero attached hydrogens (tertiary/aromatic N) is 1. The predicted molar refractivity (Wildman–Crippen MR) is 93.2 cm³/mol. The Morgan fingerprint density at radius 2 is 1.83 bits per heavy atom. The highest BCUT2D eigenvalue weighted by Gasteiger charge is 2.29. The normalized spacial score (nSPS) is 19.8. The Balaban J connectivity index is 1.88. The molecule has 1 atom stereocenters. The maximum absolute atomic E-state index is 13.4. The smallest absolute Gasteiger partial charge is 0.207 e. The van der Waals surface area contributed by atoms with Gasteiger partial charge in [0.15, 0.2) is 0 Å². The summed E-state index contributed by atoms with van der Waals surface area (Å²) in [7, 11) is -3.69. The summed E-state index contributed by atoms with van der Waals surface area (Å²) in [6, 6.07) is 12.8. The van der Waals surface area contributed by atoms with Crippen LogP contribution in [0.15, 0.2) is 53.4 Å². The van der Waals surface area contributed by atoms with E-state index in [4.69, 9.17) is 11.6 Å². The number of rotatable bonds is 3. The molecule has 3 rings (SSSR count). The molecule has 0 aromatic heterocycles. The van der Waals surface area contributed by atoms with E-state index in [0.717, 1.165) is 30.9 Å². The Hall–Kier alpha value is -1.43. The van der Waals surface area contributed by atoms with Crippen LogP contribution < -0.4 is 0 Å². The molecule has 1 aliphatic heterocycles. The van der Waals surface area contributed by atoms with E-state index in [0.29, 0.717) is 18.1 Å². The zero-order chi connectivity index (χ0) is 17.2. The second-order valence-electron chi connectivity index (χ2n) is 6.06. The standard InChI is InChI=1S/C18H19ClFNO2S/c19-16-9-7-14(8-10-16)15-4-1-2-11-21(13-15)24(22,23)18-6-3-5-17(20)12-18/h3,5-10,12,15H,1-2,4,11,13H2. The molecule has 0 N–H and O–H groups in total. The van der Waals surface area contributed by atoms with E-state index in [1.165, 1.54) is 22.5 Å². The van der Waals surface area contributed by atoms with Crippen molar-refractivity contribution in [1.82, 2.24) is 4.31 Å². The van der Waals surface area contributed by atoms with E-state index in [1.807, 2.05) is 24.3 Å². The van der Waals surface area contributed by atoms with Crippen LogP contribution in [0.1, 0.15) is 30.7 Å². The van der Waals surface area contributed by atoms with Crippen LogP contribution in [0.2, 0.25) is 5.02 Å². The van der Waals surface area contributed by atoms with Crippen molar-refractivity contribution >= 4 is 21.6 Å². The monoisotopic (exact) mass is 367 g/mol. The third-order valence-electron chi connectivity index (χ3n) is 4.41. The molecule has 0 bridgehead atoms. The maximum Gasteiger partial charge on any atom is 0.243 e. The molecule has 128 valence electrons. The molecular formula is C18H19ClFNO2S. The first kappa shape index (κ1) is 17.4. The molecule has 1 aliphatic rings. The van der Waals surface area contributed by atoms with Gasteiger partial charge in [0.1, 0.15) is 5.82 Å². The van der Waals surface area contributed by atoms with Crippen LogP contribution in [-0.2, 0) is 10.0 Å². The summed E-state index contributed by atoms with van der Waals surface area (Å²) in [5.74, 6) is -0.423. The van der Waals surface area contributed by atoms with Crippen molar-refractivity contribution < 1.29 is 12.8 Å². The van der Waals surface area contributed by atoms with E-state index in [9.17, 15) is 12.8 Å². The zero-order valence-corrected chi connectivity index (χ0v) is 14.7. The van der Waals surface area contributed by atoms with Gasteiger partial charge in [0, 0.05) is 18.1 Å². The molecule has 1 saturated heterocycles. The molecule has 1 fully saturated rings. The molecule has 0 saturated carbocycles. The van der Waals surface area contributed by atoms with Crippen LogP contribution >= 0.6 is 11.6 Å². The fourth-order valence-electron chi connectivity index (χ4n) is 3.11. The molecule has 2 aromatic carbocycles. The second kappa shape index (κ2) is 7.21. The fraction of sp³-hybridized carbons (Fsp3) is 0.333. The van der Waals surface area contributed by atoms with E-state index < -0.39 is 15.8 Å². The van der Waals surface area contributed by atoms with Crippen LogP contribution in [0.25, 0.3) is 0 Å². The summed E-state index contributed by atoms with van der Waals surface area (Å²) in [6.07, 6.45) is 2.69. The third-order valence-corrected chi connectivity index (χ3v) is 6.52. The summed E-state index contributed by atoms with van der Waals surface area (Å²) in [5, 5.41) is 0.664. The number of hydrogen-bond donors (Lipinski definition) is 0. The van der Waals surface area contributed by atoms with E-state index in [-0.39, 0.29) is 10.8 Å². The minimum absolute atomic E-state index is 0.0132. The van der Waals surface area contributed by atoms with Gasteiger partial charge < -0.3 is 0 Å². The van der Waals surface area contributed by atoms with Crippen LogP contribution in [-0.4, -0.2) is 25.8 Å². The fourth-order valence-corrected chi connectivity index (χ4v) is 4.79. The summed E-state index contributed by atoms with van der Waals surface area (Å²) in [4.78, 5) is 0.0132. The number of benzene rings is 2. The number of halogens is 2. The molecule has 2 aromatic rings. The van der Waals surface area contributed by atoms with Gasteiger partial charge in [0.25, 0.3) is 0 Å². The average molecular weight is 368 g/mol. The van der Waals surface area contributed by atoms with Crippen LogP contribution in [0.3, 0.4) is 0 Å². The largest absolute Gasteiger partial charge is 0.243 e.